The van der Waals surface area contributed by atoms with Crippen molar-refractivity contribution in [3.63, 3.8) is 0 Å². The molecule has 0 saturated heterocycles. The molecule has 2 aromatic carbocycles. The highest BCUT2D eigenvalue weighted by molar-refractivity contribution is 5.45. The third-order valence-corrected chi connectivity index (χ3v) is 4.03. The number of quaternary nitrogens is 1. The molecule has 0 aromatic heterocycles. The second-order valence-corrected chi connectivity index (χ2v) is 5.68. The molecule has 4 nitrogen and oxygen atoms in total. The van der Waals surface area contributed by atoms with Crippen molar-refractivity contribution in [2.45, 2.75) is 32.4 Å². The molecule has 4 heteroatoms. The zero-order valence-electron chi connectivity index (χ0n) is 13.7. The molecule has 0 bridgehead atoms. The van der Waals surface area contributed by atoms with Gasteiger partial charge in [-0.2, -0.15) is 0 Å². The fraction of sp³-hybridized carbons (Fsp3) is 0.368. The van der Waals surface area contributed by atoms with E-state index < -0.39 is 0 Å². The molecular formula is C19H24NO3+. The van der Waals surface area contributed by atoms with Crippen LogP contribution in [0.15, 0.2) is 42.5 Å². The third kappa shape index (κ3) is 3.27. The number of benzene rings is 2. The van der Waals surface area contributed by atoms with Crippen LogP contribution in [0.1, 0.15) is 31.1 Å². The van der Waals surface area contributed by atoms with Crippen molar-refractivity contribution in [3.05, 3.63) is 53.6 Å². The van der Waals surface area contributed by atoms with Gasteiger partial charge in [-0.25, -0.2) is 0 Å². The SMILES string of the molecule is CCOc1ccc([C@@H]2Oc3ccccc3C[C@@H]2[NH3+])cc1OCC. The van der Waals surface area contributed by atoms with Crippen LogP contribution in [0.4, 0.5) is 0 Å². The standard InChI is InChI=1S/C19H23NO3/c1-3-21-17-10-9-14(12-18(17)22-4-2)19-15(20)11-13-7-5-6-8-16(13)23-19/h5-10,12,15,19H,3-4,11,20H2,1-2H3/p+1/t15-,19-/m0/s1. The van der Waals surface area contributed by atoms with Gasteiger partial charge in [0.05, 0.1) is 13.2 Å². The Kier molecular flexibility index (Phi) is 4.72. The van der Waals surface area contributed by atoms with Crippen LogP contribution < -0.4 is 19.9 Å². The van der Waals surface area contributed by atoms with Crippen LogP contribution in [0.2, 0.25) is 0 Å². The number of fused-ring (bicyclic) bond motifs is 1. The third-order valence-electron chi connectivity index (χ3n) is 4.03. The molecule has 1 aliphatic rings. The van der Waals surface area contributed by atoms with Crippen LogP contribution in [0, 0.1) is 0 Å². The van der Waals surface area contributed by atoms with Crippen molar-refractivity contribution in [2.24, 2.45) is 0 Å². The lowest BCUT2D eigenvalue weighted by Crippen LogP contribution is -2.66. The van der Waals surface area contributed by atoms with E-state index in [2.05, 4.69) is 11.8 Å². The summed E-state index contributed by atoms with van der Waals surface area (Å²) >= 11 is 0. The maximum absolute atomic E-state index is 6.20. The quantitative estimate of drug-likeness (QED) is 0.923. The first-order valence-electron chi connectivity index (χ1n) is 8.20. The smallest absolute Gasteiger partial charge is 0.175 e. The summed E-state index contributed by atoms with van der Waals surface area (Å²) in [4.78, 5) is 0. The summed E-state index contributed by atoms with van der Waals surface area (Å²) in [7, 11) is 0. The van der Waals surface area contributed by atoms with E-state index >= 15 is 0 Å². The van der Waals surface area contributed by atoms with Crippen molar-refractivity contribution >= 4 is 0 Å². The number of ether oxygens (including phenoxy) is 3. The molecule has 2 aromatic rings. The van der Waals surface area contributed by atoms with Gasteiger partial charge in [0.1, 0.15) is 11.8 Å². The lowest BCUT2D eigenvalue weighted by molar-refractivity contribution is -0.438. The maximum Gasteiger partial charge on any atom is 0.175 e. The summed E-state index contributed by atoms with van der Waals surface area (Å²) in [6, 6.07) is 14.4. The first-order chi connectivity index (χ1) is 11.2. The molecule has 0 aliphatic carbocycles. The Balaban J connectivity index is 1.90. The predicted molar refractivity (Wildman–Crippen MR) is 89.0 cm³/mol. The van der Waals surface area contributed by atoms with Gasteiger partial charge in [-0.3, -0.25) is 0 Å². The van der Waals surface area contributed by atoms with E-state index in [1.54, 1.807) is 0 Å². The summed E-state index contributed by atoms with van der Waals surface area (Å²) < 4.78 is 17.6. The van der Waals surface area contributed by atoms with E-state index in [1.165, 1.54) is 5.56 Å². The van der Waals surface area contributed by atoms with Crippen molar-refractivity contribution < 1.29 is 19.9 Å². The highest BCUT2D eigenvalue weighted by Crippen LogP contribution is 2.37. The molecule has 1 aliphatic heterocycles. The maximum atomic E-state index is 6.20. The van der Waals surface area contributed by atoms with E-state index in [1.807, 2.05) is 50.2 Å². The first-order valence-corrected chi connectivity index (χ1v) is 8.20. The minimum absolute atomic E-state index is 0.0696. The normalized spacial score (nSPS) is 19.6. The summed E-state index contributed by atoms with van der Waals surface area (Å²) in [6.07, 6.45) is 0.845. The molecule has 0 saturated carbocycles. The summed E-state index contributed by atoms with van der Waals surface area (Å²) in [6.45, 7) is 5.16. The predicted octanol–water partition coefficient (Wildman–Crippen LogP) is 2.77. The Labute approximate surface area is 137 Å². The zero-order valence-corrected chi connectivity index (χ0v) is 13.7. The van der Waals surface area contributed by atoms with Gasteiger partial charge in [0.25, 0.3) is 0 Å². The van der Waals surface area contributed by atoms with Crippen LogP contribution in [-0.4, -0.2) is 19.3 Å². The van der Waals surface area contributed by atoms with Gasteiger partial charge in [-0.05, 0) is 32.0 Å². The average Bonchev–Trinajstić information content (AvgIpc) is 2.56. The van der Waals surface area contributed by atoms with Crippen molar-refractivity contribution in [1.29, 1.82) is 0 Å². The molecule has 0 amide bonds. The number of rotatable bonds is 5. The molecule has 3 rings (SSSR count). The molecule has 3 N–H and O–H groups in total. The van der Waals surface area contributed by atoms with Crippen molar-refractivity contribution in [3.8, 4) is 17.2 Å². The van der Waals surface area contributed by atoms with Gasteiger partial charge in [0, 0.05) is 17.5 Å². The van der Waals surface area contributed by atoms with Gasteiger partial charge in [-0.1, -0.05) is 24.3 Å². The molecule has 0 spiro atoms. The van der Waals surface area contributed by atoms with Gasteiger partial charge >= 0.3 is 0 Å². The van der Waals surface area contributed by atoms with Crippen molar-refractivity contribution in [2.75, 3.05) is 13.2 Å². The van der Waals surface area contributed by atoms with Crippen LogP contribution >= 0.6 is 0 Å². The summed E-state index contributed by atoms with van der Waals surface area (Å²) in [5, 5.41) is 0. The Morgan fingerprint density at radius 3 is 2.57 bits per heavy atom. The molecule has 0 unspecified atom stereocenters. The Morgan fingerprint density at radius 2 is 1.78 bits per heavy atom. The molecule has 122 valence electrons. The lowest BCUT2D eigenvalue weighted by atomic mass is 9.93. The minimum atomic E-state index is -0.0696. The second kappa shape index (κ2) is 6.92. The van der Waals surface area contributed by atoms with E-state index in [-0.39, 0.29) is 12.1 Å². The highest BCUT2D eigenvalue weighted by Gasteiger charge is 2.31. The average molecular weight is 314 g/mol. The number of para-hydroxylation sites is 1. The fourth-order valence-electron chi connectivity index (χ4n) is 2.99. The Bertz CT molecular complexity index is 671. The fourth-order valence-corrected chi connectivity index (χ4v) is 2.99. The van der Waals surface area contributed by atoms with Crippen LogP contribution in [0.25, 0.3) is 0 Å². The number of hydrogen-bond donors (Lipinski definition) is 1. The largest absolute Gasteiger partial charge is 0.490 e. The van der Waals surface area contributed by atoms with E-state index in [0.717, 1.165) is 29.2 Å². The topological polar surface area (TPSA) is 55.3 Å². The minimum Gasteiger partial charge on any atom is -0.490 e. The monoisotopic (exact) mass is 314 g/mol. The van der Waals surface area contributed by atoms with Crippen LogP contribution in [0.3, 0.4) is 0 Å². The lowest BCUT2D eigenvalue weighted by Gasteiger charge is -2.29. The molecular weight excluding hydrogens is 290 g/mol. The van der Waals surface area contributed by atoms with E-state index in [9.17, 15) is 0 Å². The Hall–Kier alpha value is -2.20. The molecule has 1 heterocycles. The van der Waals surface area contributed by atoms with Gasteiger partial charge in [0.15, 0.2) is 17.6 Å². The molecule has 0 radical (unpaired) electrons. The van der Waals surface area contributed by atoms with E-state index in [0.29, 0.717) is 13.2 Å². The first kappa shape index (κ1) is 15.7. The van der Waals surface area contributed by atoms with Crippen LogP contribution in [0.5, 0.6) is 17.2 Å². The Morgan fingerprint density at radius 1 is 1.04 bits per heavy atom. The van der Waals surface area contributed by atoms with Crippen molar-refractivity contribution in [1.82, 2.24) is 0 Å². The summed E-state index contributed by atoms with van der Waals surface area (Å²) in [5.74, 6) is 2.49. The highest BCUT2D eigenvalue weighted by atomic mass is 16.5. The van der Waals surface area contributed by atoms with Gasteiger partial charge in [-0.15, -0.1) is 0 Å². The summed E-state index contributed by atoms with van der Waals surface area (Å²) in [5.41, 5.74) is 6.59. The van der Waals surface area contributed by atoms with Gasteiger partial charge in [0.2, 0.25) is 0 Å². The molecule has 23 heavy (non-hydrogen) atoms. The van der Waals surface area contributed by atoms with E-state index in [4.69, 9.17) is 14.2 Å². The second-order valence-electron chi connectivity index (χ2n) is 5.68. The molecule has 2 atom stereocenters. The molecule has 0 fully saturated rings. The van der Waals surface area contributed by atoms with Crippen LogP contribution in [-0.2, 0) is 6.42 Å². The van der Waals surface area contributed by atoms with Gasteiger partial charge < -0.3 is 19.9 Å². The number of hydrogen-bond acceptors (Lipinski definition) is 3. The zero-order chi connectivity index (χ0) is 16.2.